The molecule has 0 spiro atoms. The van der Waals surface area contributed by atoms with Gasteiger partial charge in [-0.05, 0) is 0 Å². The van der Waals surface area contributed by atoms with Crippen molar-refractivity contribution < 1.29 is 38.0 Å². The van der Waals surface area contributed by atoms with Crippen molar-refractivity contribution in [1.82, 2.24) is 0 Å². The molecule has 0 amide bonds. The Kier molecular flexibility index (Phi) is 26.1. The summed E-state index contributed by atoms with van der Waals surface area (Å²) in [5, 5.41) is 0. The van der Waals surface area contributed by atoms with Gasteiger partial charge >= 0.3 is 300 Å². The average molecular weight is 870 g/mol. The minimum atomic E-state index is -3.09. The molecule has 314 valence electrons. The zero-order chi connectivity index (χ0) is 39.8. The van der Waals surface area contributed by atoms with Gasteiger partial charge in [0.2, 0.25) is 0 Å². The van der Waals surface area contributed by atoms with E-state index in [-0.39, 0.29) is 61.9 Å². The van der Waals surface area contributed by atoms with Crippen LogP contribution < -0.4 is 0 Å². The normalized spacial score (nSPS) is 30.0. The number of hydrogen-bond acceptors (Lipinski definition) is 8. The molecule has 2 aliphatic rings. The van der Waals surface area contributed by atoms with Gasteiger partial charge in [0.05, 0.1) is 13.2 Å². The second-order valence-electron chi connectivity index (χ2n) is 17.1. The number of carbonyl (C=O) groups is 2. The molecule has 1 saturated carbocycles. The van der Waals surface area contributed by atoms with Crippen LogP contribution in [0.4, 0.5) is 0 Å². The maximum absolute atomic E-state index is 14.9. The molecule has 0 N–H and O–H groups in total. The summed E-state index contributed by atoms with van der Waals surface area (Å²) in [7, 11) is 3.28. The van der Waals surface area contributed by atoms with Gasteiger partial charge in [-0.25, -0.2) is 0 Å². The van der Waals surface area contributed by atoms with Gasteiger partial charge in [-0.3, -0.25) is 0 Å². The number of Topliss-reactive ketones (excluding diaryl/α,β-unsaturated/α-hetero) is 1. The van der Waals surface area contributed by atoms with Crippen LogP contribution in [0.15, 0.2) is 21.8 Å². The van der Waals surface area contributed by atoms with E-state index in [1.165, 1.54) is 55.4 Å². The van der Waals surface area contributed by atoms with Crippen molar-refractivity contribution in [2.75, 3.05) is 47.6 Å². The fourth-order valence-corrected chi connectivity index (χ4v) is 26.1. The van der Waals surface area contributed by atoms with Crippen LogP contribution >= 0.6 is 0 Å². The number of unbranched alkanes of at least 4 members (excludes halogenated alkanes) is 3. The molecule has 1 heterocycles. The quantitative estimate of drug-likeness (QED) is 0.0488. The first-order valence-corrected chi connectivity index (χ1v) is 29.4. The Morgan fingerprint density at radius 2 is 1.46 bits per heavy atom. The molecule has 0 aromatic rings. The Hall–Kier alpha value is -0.781. The first kappa shape index (κ1) is 49.4. The molecule has 54 heavy (non-hydrogen) atoms. The molecule has 2 rings (SSSR count). The topological polar surface area (TPSA) is 89.5 Å². The molecule has 1 aliphatic carbocycles. The van der Waals surface area contributed by atoms with Gasteiger partial charge in [-0.15, -0.1) is 0 Å². The first-order valence-electron chi connectivity index (χ1n) is 21.9. The van der Waals surface area contributed by atoms with Crippen LogP contribution in [-0.4, -0.2) is 90.0 Å². The fraction of sp³-hybridized carbons (Fsp3) is 0.867. The van der Waals surface area contributed by atoms with Gasteiger partial charge in [-0.1, -0.05) is 0 Å². The Morgan fingerprint density at radius 1 is 0.796 bits per heavy atom. The first-order chi connectivity index (χ1) is 26.0. The van der Waals surface area contributed by atoms with Crippen molar-refractivity contribution in [1.29, 1.82) is 0 Å². The molecular weight excluding hydrogens is 787 g/mol. The van der Waals surface area contributed by atoms with E-state index in [0.717, 1.165) is 38.5 Å². The number of rotatable bonds is 21. The maximum atomic E-state index is 14.9. The number of ketones is 1. The number of hydrogen-bond donors (Lipinski definition) is 0. The summed E-state index contributed by atoms with van der Waals surface area (Å²) in [5.41, 5.74) is 0. The van der Waals surface area contributed by atoms with Crippen molar-refractivity contribution in [2.45, 2.75) is 164 Å². The summed E-state index contributed by atoms with van der Waals surface area (Å²) in [6, 6.07) is 0. The number of ether oxygens (including phenoxy) is 6. The number of esters is 1. The predicted octanol–water partition coefficient (Wildman–Crippen LogP) is 10.9. The zero-order valence-electron chi connectivity index (χ0n) is 36.2. The summed E-state index contributed by atoms with van der Waals surface area (Å²) in [6.45, 7) is 17.9. The Labute approximate surface area is 335 Å². The van der Waals surface area contributed by atoms with Crippen LogP contribution in [0.3, 0.4) is 0 Å². The van der Waals surface area contributed by atoms with E-state index in [0.29, 0.717) is 43.9 Å². The Balaban J connectivity index is 2.58. The minimum absolute atomic E-state index is 0.00771. The van der Waals surface area contributed by atoms with Gasteiger partial charge in [0, 0.05) is 14.2 Å². The van der Waals surface area contributed by atoms with Crippen LogP contribution in [0.5, 0.6) is 0 Å². The van der Waals surface area contributed by atoms with Gasteiger partial charge < -0.3 is 9.47 Å². The molecule has 9 heteroatoms. The second kappa shape index (κ2) is 28.6. The van der Waals surface area contributed by atoms with Crippen LogP contribution in [0.1, 0.15) is 138 Å². The summed E-state index contributed by atoms with van der Waals surface area (Å²) < 4.78 is 39.6. The van der Waals surface area contributed by atoms with E-state index in [4.69, 9.17) is 28.4 Å². The molecule has 8 atom stereocenters. The van der Waals surface area contributed by atoms with Crippen LogP contribution in [0.25, 0.3) is 0 Å². The summed E-state index contributed by atoms with van der Waals surface area (Å²) in [4.78, 5) is 28.7. The third-order valence-electron chi connectivity index (χ3n) is 12.2. The molecule has 8 nitrogen and oxygen atoms in total. The number of methoxy groups -OCH3 is 2. The molecule has 0 bridgehead atoms. The third kappa shape index (κ3) is 17.8. The molecular formula is C45H82O8Sn. The standard InChI is InChI=1S/C33H55O8.3C4H9.Sn/c1-24-17-25(2)19-27(4)32(40-22-37-6)20-33(35)41-31(14-9-7-8-13-30(34)26(3)18-24)29-12-10-11-28(29)21-39-23-38-16-15-36-5;3*1-3-4-2;/h7-9,24-29,31-32H,10-12,14-23H2,1-6H3;3*1,3-4H2,2H3;/b9-7+,13-8?;;;;/t24-,25+,26+,27+,28+,29-,31+,32+;;;;/m1..../s1. The van der Waals surface area contributed by atoms with Crippen molar-refractivity contribution in [3.63, 3.8) is 0 Å². The summed E-state index contributed by atoms with van der Waals surface area (Å²) in [6.07, 6.45) is 20.0. The molecule has 0 unspecified atom stereocenters. The molecule has 1 aliphatic heterocycles. The molecule has 0 aromatic heterocycles. The van der Waals surface area contributed by atoms with Crippen LogP contribution in [0.2, 0.25) is 13.3 Å². The Morgan fingerprint density at radius 3 is 2.09 bits per heavy atom. The number of cyclic esters (lactones) is 1. The summed E-state index contributed by atoms with van der Waals surface area (Å²) in [5.74, 6) is 1.68. The van der Waals surface area contributed by atoms with E-state index in [9.17, 15) is 9.59 Å². The van der Waals surface area contributed by atoms with Gasteiger partial charge in [0.15, 0.2) is 0 Å². The van der Waals surface area contributed by atoms with Crippen molar-refractivity contribution in [2.24, 2.45) is 35.5 Å². The average Bonchev–Trinajstić information content (AvgIpc) is 3.61. The fourth-order valence-electron chi connectivity index (χ4n) is 9.36. The predicted molar refractivity (Wildman–Crippen MR) is 223 cm³/mol. The molecule has 0 radical (unpaired) electrons. The van der Waals surface area contributed by atoms with E-state index < -0.39 is 18.4 Å². The SMILES string of the molecule is CCC[CH2][Sn]([CH2]CCC)([CH2]CCC)/[C]1=C/C=C/C[C@@H]([C@@H]2CCC[C@H]2COCOCCOC)OC(=O)C[C@H](OCOC)[C@@H](C)C[C@@H](C)C[C@@H](C)C[C@H](C)C1=O. The van der Waals surface area contributed by atoms with E-state index in [2.05, 4.69) is 66.7 Å². The Bertz CT molecular complexity index is 1060. The van der Waals surface area contributed by atoms with Crippen molar-refractivity contribution in [3.8, 4) is 0 Å². The summed E-state index contributed by atoms with van der Waals surface area (Å²) >= 11 is -3.09. The molecule has 0 aromatic carbocycles. The zero-order valence-corrected chi connectivity index (χ0v) is 39.0. The molecule has 1 fully saturated rings. The van der Waals surface area contributed by atoms with Crippen molar-refractivity contribution >= 4 is 30.1 Å². The third-order valence-corrected chi connectivity index (χ3v) is 27.9. The van der Waals surface area contributed by atoms with Crippen LogP contribution in [-0.2, 0) is 38.0 Å². The monoisotopic (exact) mass is 871 g/mol. The van der Waals surface area contributed by atoms with E-state index in [1.54, 1.807) is 14.2 Å². The van der Waals surface area contributed by atoms with Crippen LogP contribution in [0, 0.1) is 35.5 Å². The van der Waals surface area contributed by atoms with Gasteiger partial charge in [-0.2, -0.15) is 0 Å². The number of allylic oxidation sites excluding steroid dienone is 3. The second-order valence-corrected chi connectivity index (χ2v) is 30.2. The van der Waals surface area contributed by atoms with E-state index in [1.807, 2.05) is 0 Å². The number of carbonyl (C=O) groups excluding carboxylic acids is 2. The van der Waals surface area contributed by atoms with Crippen molar-refractivity contribution in [3.05, 3.63) is 21.8 Å². The van der Waals surface area contributed by atoms with E-state index >= 15 is 0 Å². The van der Waals surface area contributed by atoms with Gasteiger partial charge in [0.25, 0.3) is 0 Å². The van der Waals surface area contributed by atoms with Gasteiger partial charge in [0.1, 0.15) is 0 Å². The molecule has 0 saturated heterocycles.